The Hall–Kier alpha value is -3.79. The van der Waals surface area contributed by atoms with Gasteiger partial charge in [-0.3, -0.25) is 4.79 Å². The summed E-state index contributed by atoms with van der Waals surface area (Å²) in [5.41, 5.74) is 2.20. The number of rotatable bonds is 5. The maximum absolute atomic E-state index is 12.5. The second kappa shape index (κ2) is 7.84. The molecular weight excluding hydrogens is 356 g/mol. The first-order valence-electron chi connectivity index (χ1n) is 8.52. The molecule has 3 rings (SSSR count). The van der Waals surface area contributed by atoms with Crippen molar-refractivity contribution in [1.82, 2.24) is 9.97 Å². The monoisotopic (exact) mass is 376 g/mol. The quantitative estimate of drug-likeness (QED) is 0.688. The minimum Gasteiger partial charge on any atom is -0.493 e. The first-order chi connectivity index (χ1) is 13.5. The summed E-state index contributed by atoms with van der Waals surface area (Å²) >= 11 is 0. The maximum atomic E-state index is 12.5. The molecule has 0 fully saturated rings. The Bertz CT molecular complexity index is 1140. The van der Waals surface area contributed by atoms with Crippen LogP contribution in [0.4, 0.5) is 5.69 Å². The van der Waals surface area contributed by atoms with Gasteiger partial charge in [0.2, 0.25) is 0 Å². The van der Waals surface area contributed by atoms with Crippen LogP contribution >= 0.6 is 0 Å². The molecule has 0 aliphatic heterocycles. The average Bonchev–Trinajstić information content (AvgIpc) is 2.71. The number of H-pyrrole nitrogens is 1. The van der Waals surface area contributed by atoms with Crippen LogP contribution in [0.2, 0.25) is 0 Å². The lowest BCUT2D eigenvalue weighted by Gasteiger charge is -2.12. The van der Waals surface area contributed by atoms with Crippen LogP contribution in [0.5, 0.6) is 11.5 Å². The topological polar surface area (TPSA) is 91.2 Å². The number of aromatic amines is 1. The van der Waals surface area contributed by atoms with Gasteiger partial charge in [0, 0.05) is 25.8 Å². The lowest BCUT2D eigenvalue weighted by molar-refractivity contribution is 0.355. The highest BCUT2D eigenvalue weighted by Crippen LogP contribution is 2.30. The molecular formula is C21H20N4O3. The summed E-state index contributed by atoms with van der Waals surface area (Å²) in [5.74, 6) is 1.09. The largest absolute Gasteiger partial charge is 0.493 e. The number of benzene rings is 2. The van der Waals surface area contributed by atoms with E-state index in [1.807, 2.05) is 43.3 Å². The van der Waals surface area contributed by atoms with Crippen molar-refractivity contribution in [2.45, 2.75) is 0 Å². The Morgan fingerprint density at radius 3 is 2.36 bits per heavy atom. The van der Waals surface area contributed by atoms with E-state index in [1.165, 1.54) is 14.2 Å². The second-order valence-corrected chi connectivity index (χ2v) is 6.29. The van der Waals surface area contributed by atoms with E-state index in [2.05, 4.69) is 16.0 Å². The van der Waals surface area contributed by atoms with Gasteiger partial charge in [-0.2, -0.15) is 5.26 Å². The molecule has 0 bridgehead atoms. The van der Waals surface area contributed by atoms with Gasteiger partial charge in [-0.1, -0.05) is 12.1 Å². The molecule has 0 saturated carbocycles. The Labute approximate surface area is 162 Å². The SMILES string of the molecule is COc1cc2nc(/C(C#N)=C\c3ccc(N(C)C)cc3)[nH]c(=O)c2cc1OC. The van der Waals surface area contributed by atoms with Crippen molar-refractivity contribution in [2.24, 2.45) is 0 Å². The van der Waals surface area contributed by atoms with E-state index in [-0.39, 0.29) is 17.0 Å². The molecule has 3 aromatic rings. The van der Waals surface area contributed by atoms with Gasteiger partial charge in [0.25, 0.3) is 5.56 Å². The number of nitriles is 1. The van der Waals surface area contributed by atoms with Gasteiger partial charge >= 0.3 is 0 Å². The Morgan fingerprint density at radius 1 is 1.14 bits per heavy atom. The van der Waals surface area contributed by atoms with Crippen molar-refractivity contribution in [2.75, 3.05) is 33.2 Å². The second-order valence-electron chi connectivity index (χ2n) is 6.29. The smallest absolute Gasteiger partial charge is 0.259 e. The molecule has 0 atom stereocenters. The predicted octanol–water partition coefficient (Wildman–Crippen LogP) is 3.07. The third-order valence-electron chi connectivity index (χ3n) is 4.31. The molecule has 142 valence electrons. The van der Waals surface area contributed by atoms with E-state index >= 15 is 0 Å². The zero-order valence-electron chi connectivity index (χ0n) is 16.1. The number of aromatic nitrogens is 2. The van der Waals surface area contributed by atoms with Crippen LogP contribution in [0.15, 0.2) is 41.2 Å². The fourth-order valence-corrected chi connectivity index (χ4v) is 2.78. The van der Waals surface area contributed by atoms with Crippen LogP contribution in [0.3, 0.4) is 0 Å². The lowest BCUT2D eigenvalue weighted by Crippen LogP contribution is -2.11. The predicted molar refractivity (Wildman–Crippen MR) is 110 cm³/mol. The molecule has 0 amide bonds. The number of ether oxygens (including phenoxy) is 2. The number of methoxy groups -OCH3 is 2. The van der Waals surface area contributed by atoms with E-state index in [9.17, 15) is 10.1 Å². The summed E-state index contributed by atoms with van der Waals surface area (Å²) in [4.78, 5) is 21.6. The van der Waals surface area contributed by atoms with Crippen molar-refractivity contribution in [3.05, 3.63) is 58.1 Å². The van der Waals surface area contributed by atoms with Crippen molar-refractivity contribution in [3.8, 4) is 17.6 Å². The summed E-state index contributed by atoms with van der Waals surface area (Å²) in [7, 11) is 6.92. The molecule has 7 nitrogen and oxygen atoms in total. The van der Waals surface area contributed by atoms with Gasteiger partial charge in [-0.05, 0) is 29.8 Å². The van der Waals surface area contributed by atoms with Gasteiger partial charge in [0.15, 0.2) is 17.3 Å². The summed E-state index contributed by atoms with van der Waals surface area (Å²) in [6.45, 7) is 0. The highest BCUT2D eigenvalue weighted by molar-refractivity contribution is 5.90. The van der Waals surface area contributed by atoms with Crippen molar-refractivity contribution >= 4 is 28.2 Å². The minimum absolute atomic E-state index is 0.198. The Kier molecular flexibility index (Phi) is 5.32. The number of anilines is 1. The third-order valence-corrected chi connectivity index (χ3v) is 4.31. The highest BCUT2D eigenvalue weighted by Gasteiger charge is 2.13. The normalized spacial score (nSPS) is 11.2. The van der Waals surface area contributed by atoms with Crippen LogP contribution in [-0.4, -0.2) is 38.3 Å². The average molecular weight is 376 g/mol. The third kappa shape index (κ3) is 3.67. The fourth-order valence-electron chi connectivity index (χ4n) is 2.78. The molecule has 0 aliphatic carbocycles. The molecule has 7 heteroatoms. The highest BCUT2D eigenvalue weighted by atomic mass is 16.5. The van der Waals surface area contributed by atoms with Crippen LogP contribution in [0, 0.1) is 11.3 Å². The van der Waals surface area contributed by atoms with Gasteiger partial charge in [0.05, 0.1) is 30.7 Å². The Balaban J connectivity index is 2.10. The molecule has 1 N–H and O–H groups in total. The van der Waals surface area contributed by atoms with E-state index in [0.717, 1.165) is 11.3 Å². The van der Waals surface area contributed by atoms with Gasteiger partial charge in [-0.15, -0.1) is 0 Å². The first kappa shape index (κ1) is 19.0. The molecule has 2 aromatic carbocycles. The van der Waals surface area contributed by atoms with E-state index in [0.29, 0.717) is 22.4 Å². The van der Waals surface area contributed by atoms with Gasteiger partial charge < -0.3 is 19.4 Å². The van der Waals surface area contributed by atoms with Crippen LogP contribution < -0.4 is 19.9 Å². The van der Waals surface area contributed by atoms with Crippen molar-refractivity contribution in [1.29, 1.82) is 5.26 Å². The number of nitrogens with zero attached hydrogens (tertiary/aromatic N) is 3. The number of nitrogens with one attached hydrogen (secondary N) is 1. The lowest BCUT2D eigenvalue weighted by atomic mass is 10.1. The number of hydrogen-bond acceptors (Lipinski definition) is 6. The van der Waals surface area contributed by atoms with E-state index in [4.69, 9.17) is 9.47 Å². The molecule has 1 aromatic heterocycles. The summed E-state index contributed by atoms with van der Waals surface area (Å²) in [6.07, 6.45) is 1.68. The minimum atomic E-state index is -0.356. The molecule has 0 saturated heterocycles. The molecule has 1 heterocycles. The first-order valence-corrected chi connectivity index (χ1v) is 8.52. The van der Waals surface area contributed by atoms with Crippen LogP contribution in [0.1, 0.15) is 11.4 Å². The van der Waals surface area contributed by atoms with Crippen molar-refractivity contribution < 1.29 is 9.47 Å². The van der Waals surface area contributed by atoms with Crippen LogP contribution in [0.25, 0.3) is 22.6 Å². The zero-order valence-corrected chi connectivity index (χ0v) is 16.1. The molecule has 0 unspecified atom stereocenters. The fraction of sp³-hybridized carbons (Fsp3) is 0.190. The summed E-state index contributed by atoms with van der Waals surface area (Å²) in [5, 5.41) is 9.95. The zero-order chi connectivity index (χ0) is 20.3. The number of fused-ring (bicyclic) bond motifs is 1. The van der Waals surface area contributed by atoms with E-state index < -0.39 is 0 Å². The van der Waals surface area contributed by atoms with Crippen LogP contribution in [-0.2, 0) is 0 Å². The van der Waals surface area contributed by atoms with E-state index in [1.54, 1.807) is 18.2 Å². The number of hydrogen-bond donors (Lipinski definition) is 1. The standard InChI is InChI=1S/C21H20N4O3/c1-25(2)15-7-5-13(6-8-15)9-14(12-22)20-23-17-11-19(28-4)18(27-3)10-16(17)21(26)24-20/h5-11H,1-4H3,(H,23,24,26)/b14-9-. The number of allylic oxidation sites excluding steroid dienone is 1. The maximum Gasteiger partial charge on any atom is 0.259 e. The molecule has 0 aliphatic rings. The molecule has 0 radical (unpaired) electrons. The van der Waals surface area contributed by atoms with Crippen molar-refractivity contribution in [3.63, 3.8) is 0 Å². The summed E-state index contributed by atoms with van der Waals surface area (Å²) < 4.78 is 10.5. The summed E-state index contributed by atoms with van der Waals surface area (Å²) in [6, 6.07) is 13.0. The molecule has 28 heavy (non-hydrogen) atoms. The van der Waals surface area contributed by atoms with Gasteiger partial charge in [0.1, 0.15) is 6.07 Å². The Morgan fingerprint density at radius 2 is 1.79 bits per heavy atom. The molecule has 0 spiro atoms. The van der Waals surface area contributed by atoms with Gasteiger partial charge in [-0.25, -0.2) is 4.98 Å².